The molecule has 1 fully saturated rings. The van der Waals surface area contributed by atoms with Gasteiger partial charge in [-0.3, -0.25) is 0 Å². The van der Waals surface area contributed by atoms with Crippen LogP contribution in [0.4, 0.5) is 0 Å². The lowest BCUT2D eigenvalue weighted by Gasteiger charge is -2.23. The van der Waals surface area contributed by atoms with E-state index in [9.17, 15) is 0 Å². The third-order valence-electron chi connectivity index (χ3n) is 2.97. The monoisotopic (exact) mass is 246 g/mol. The second kappa shape index (κ2) is 6.44. The van der Waals surface area contributed by atoms with Crippen molar-refractivity contribution in [1.82, 2.24) is 0 Å². The maximum Gasteiger partial charge on any atom is 0.120 e. The maximum absolute atomic E-state index is 8.68. The first-order valence-corrected chi connectivity index (χ1v) is 6.24. The van der Waals surface area contributed by atoms with Gasteiger partial charge in [0.2, 0.25) is 0 Å². The number of hydrogen-bond acceptors (Lipinski definition) is 3. The van der Waals surface area contributed by atoms with Gasteiger partial charge in [-0.05, 0) is 30.7 Å². The molecule has 1 aromatic rings. The summed E-state index contributed by atoms with van der Waals surface area (Å²) in [6.07, 6.45) is 2.16. The van der Waals surface area contributed by atoms with Crippen molar-refractivity contribution in [3.8, 4) is 17.6 Å². The second-order valence-electron chi connectivity index (χ2n) is 4.37. The van der Waals surface area contributed by atoms with E-state index >= 15 is 0 Å². The fourth-order valence-electron chi connectivity index (χ4n) is 1.97. The van der Waals surface area contributed by atoms with Crippen LogP contribution < -0.4 is 4.74 Å². The van der Waals surface area contributed by atoms with Gasteiger partial charge in [0.1, 0.15) is 18.5 Å². The quantitative estimate of drug-likeness (QED) is 0.810. The molecule has 0 radical (unpaired) electrons. The van der Waals surface area contributed by atoms with E-state index in [0.29, 0.717) is 0 Å². The Morgan fingerprint density at radius 1 is 1.39 bits per heavy atom. The van der Waals surface area contributed by atoms with Gasteiger partial charge in [-0.2, -0.15) is 0 Å². The predicted molar refractivity (Wildman–Crippen MR) is 69.6 cm³/mol. The molecule has 18 heavy (non-hydrogen) atoms. The Balaban J connectivity index is 2.03. The molecular formula is C15H18O3. The van der Waals surface area contributed by atoms with Crippen LogP contribution in [0.1, 0.15) is 24.0 Å². The third kappa shape index (κ3) is 3.49. The summed E-state index contributed by atoms with van der Waals surface area (Å²) in [7, 11) is 0. The van der Waals surface area contributed by atoms with Gasteiger partial charge in [0.15, 0.2) is 0 Å². The Bertz CT molecular complexity index is 451. The van der Waals surface area contributed by atoms with E-state index in [1.807, 2.05) is 25.1 Å². The van der Waals surface area contributed by atoms with E-state index in [2.05, 4.69) is 11.8 Å². The smallest absolute Gasteiger partial charge is 0.120 e. The van der Waals surface area contributed by atoms with Crippen LogP contribution in [0.15, 0.2) is 18.2 Å². The SMILES string of the molecule is Cc1cc(OC2CCOCC2)ccc1C#CCO. The van der Waals surface area contributed by atoms with Gasteiger partial charge in [0.25, 0.3) is 0 Å². The molecule has 2 rings (SSSR count). The maximum atomic E-state index is 8.68. The lowest BCUT2D eigenvalue weighted by atomic mass is 10.1. The number of aliphatic hydroxyl groups is 1. The zero-order valence-corrected chi connectivity index (χ0v) is 10.6. The molecule has 1 saturated heterocycles. The van der Waals surface area contributed by atoms with Crippen molar-refractivity contribution in [2.45, 2.75) is 25.9 Å². The minimum Gasteiger partial charge on any atom is -0.490 e. The van der Waals surface area contributed by atoms with E-state index in [4.69, 9.17) is 14.6 Å². The minimum absolute atomic E-state index is 0.111. The summed E-state index contributed by atoms with van der Waals surface area (Å²) < 4.78 is 11.2. The van der Waals surface area contributed by atoms with Crippen LogP contribution in [0.3, 0.4) is 0 Å². The van der Waals surface area contributed by atoms with Gasteiger partial charge in [0.05, 0.1) is 13.2 Å². The summed E-state index contributed by atoms with van der Waals surface area (Å²) in [4.78, 5) is 0. The van der Waals surface area contributed by atoms with E-state index in [-0.39, 0.29) is 12.7 Å². The molecule has 0 aromatic heterocycles. The topological polar surface area (TPSA) is 38.7 Å². The van der Waals surface area contributed by atoms with Gasteiger partial charge >= 0.3 is 0 Å². The number of aliphatic hydroxyl groups excluding tert-OH is 1. The molecule has 1 N–H and O–H groups in total. The van der Waals surface area contributed by atoms with Gasteiger partial charge in [-0.1, -0.05) is 11.8 Å². The summed E-state index contributed by atoms with van der Waals surface area (Å²) in [5, 5.41) is 8.68. The summed E-state index contributed by atoms with van der Waals surface area (Å²) in [6, 6.07) is 5.87. The Labute approximate surface area is 108 Å². The van der Waals surface area contributed by atoms with Crippen LogP contribution in [0.25, 0.3) is 0 Å². The Morgan fingerprint density at radius 2 is 2.17 bits per heavy atom. The van der Waals surface area contributed by atoms with Crippen molar-refractivity contribution in [3.05, 3.63) is 29.3 Å². The Morgan fingerprint density at radius 3 is 2.83 bits per heavy atom. The molecule has 3 heteroatoms. The van der Waals surface area contributed by atoms with Crippen LogP contribution in [-0.4, -0.2) is 31.0 Å². The molecular weight excluding hydrogens is 228 g/mol. The van der Waals surface area contributed by atoms with Crippen LogP contribution in [0.5, 0.6) is 5.75 Å². The summed E-state index contributed by atoms with van der Waals surface area (Å²) >= 11 is 0. The van der Waals surface area contributed by atoms with E-state index in [1.54, 1.807) is 0 Å². The summed E-state index contributed by atoms with van der Waals surface area (Å²) in [5.74, 6) is 6.46. The van der Waals surface area contributed by atoms with Crippen LogP contribution in [-0.2, 0) is 4.74 Å². The number of rotatable bonds is 2. The average Bonchev–Trinajstić information content (AvgIpc) is 2.39. The van der Waals surface area contributed by atoms with Crippen molar-refractivity contribution in [2.75, 3.05) is 19.8 Å². The third-order valence-corrected chi connectivity index (χ3v) is 2.97. The zero-order valence-electron chi connectivity index (χ0n) is 10.6. The molecule has 0 unspecified atom stereocenters. The van der Waals surface area contributed by atoms with Crippen LogP contribution in [0.2, 0.25) is 0 Å². The lowest BCUT2D eigenvalue weighted by molar-refractivity contribution is 0.0255. The highest BCUT2D eigenvalue weighted by atomic mass is 16.5. The second-order valence-corrected chi connectivity index (χ2v) is 4.37. The molecule has 1 aliphatic heterocycles. The number of benzene rings is 1. The highest BCUT2D eigenvalue weighted by Gasteiger charge is 2.15. The Hall–Kier alpha value is -1.50. The molecule has 1 aromatic carbocycles. The van der Waals surface area contributed by atoms with Crippen LogP contribution in [0, 0.1) is 18.8 Å². The summed E-state index contributed by atoms with van der Waals surface area (Å²) in [6.45, 7) is 3.45. The largest absolute Gasteiger partial charge is 0.490 e. The van der Waals surface area contributed by atoms with Crippen molar-refractivity contribution in [3.63, 3.8) is 0 Å². The number of ether oxygens (including phenoxy) is 2. The fraction of sp³-hybridized carbons (Fsp3) is 0.467. The van der Waals surface area contributed by atoms with Crippen molar-refractivity contribution in [1.29, 1.82) is 0 Å². The van der Waals surface area contributed by atoms with Gasteiger partial charge in [0, 0.05) is 18.4 Å². The van der Waals surface area contributed by atoms with E-state index in [1.165, 1.54) is 0 Å². The molecule has 0 saturated carbocycles. The van der Waals surface area contributed by atoms with E-state index in [0.717, 1.165) is 42.9 Å². The molecule has 96 valence electrons. The first-order valence-electron chi connectivity index (χ1n) is 6.24. The highest BCUT2D eigenvalue weighted by Crippen LogP contribution is 2.21. The van der Waals surface area contributed by atoms with Gasteiger partial charge in [-0.25, -0.2) is 0 Å². The molecule has 0 aliphatic carbocycles. The van der Waals surface area contributed by atoms with Crippen molar-refractivity contribution < 1.29 is 14.6 Å². The molecule has 1 heterocycles. The number of aryl methyl sites for hydroxylation is 1. The molecule has 0 amide bonds. The molecule has 0 spiro atoms. The molecule has 1 aliphatic rings. The Kier molecular flexibility index (Phi) is 4.63. The van der Waals surface area contributed by atoms with Crippen LogP contribution >= 0.6 is 0 Å². The molecule has 3 nitrogen and oxygen atoms in total. The summed E-state index contributed by atoms with van der Waals surface area (Å²) in [5.41, 5.74) is 2.00. The number of hydrogen-bond donors (Lipinski definition) is 1. The standard InChI is InChI=1S/C15H18O3/c1-12-11-15(5-4-13(12)3-2-8-16)18-14-6-9-17-10-7-14/h4-5,11,14,16H,6-10H2,1H3. The van der Waals surface area contributed by atoms with Gasteiger partial charge < -0.3 is 14.6 Å². The fourth-order valence-corrected chi connectivity index (χ4v) is 1.97. The first kappa shape index (κ1) is 12.9. The van der Waals surface area contributed by atoms with Crippen molar-refractivity contribution >= 4 is 0 Å². The average molecular weight is 246 g/mol. The van der Waals surface area contributed by atoms with Gasteiger partial charge in [-0.15, -0.1) is 0 Å². The van der Waals surface area contributed by atoms with E-state index < -0.39 is 0 Å². The molecule has 0 bridgehead atoms. The predicted octanol–water partition coefficient (Wildman–Crippen LogP) is 1.90. The lowest BCUT2D eigenvalue weighted by Crippen LogP contribution is -2.25. The normalized spacial score (nSPS) is 15.9. The molecule has 0 atom stereocenters. The first-order chi connectivity index (χ1) is 8.79. The minimum atomic E-state index is -0.111. The zero-order chi connectivity index (χ0) is 12.8. The van der Waals surface area contributed by atoms with Crippen molar-refractivity contribution in [2.24, 2.45) is 0 Å². The highest BCUT2D eigenvalue weighted by molar-refractivity contribution is 5.44.